The maximum Gasteiger partial charge on any atom is 0.506 e. The lowest BCUT2D eigenvalue weighted by Gasteiger charge is -2.04. The van der Waals surface area contributed by atoms with E-state index >= 15 is 0 Å². The summed E-state index contributed by atoms with van der Waals surface area (Å²) in [4.78, 5) is 9.75. The van der Waals surface area contributed by atoms with Gasteiger partial charge in [0.15, 0.2) is 0 Å². The van der Waals surface area contributed by atoms with E-state index in [1.807, 2.05) is 6.92 Å². The minimum Gasteiger partial charge on any atom is -0.450 e. The molecule has 1 atom stereocenters. The summed E-state index contributed by atoms with van der Waals surface area (Å²) in [6.07, 6.45) is -0.640. The fraction of sp³-hybridized carbons (Fsp3) is 0.667. The van der Waals surface area contributed by atoms with Gasteiger partial charge in [-0.15, -0.1) is 0 Å². The lowest BCUT2D eigenvalue weighted by Crippen LogP contribution is -2.10. The number of carboxylic acid groups (broad SMARTS) is 1. The summed E-state index contributed by atoms with van der Waals surface area (Å²) in [6, 6.07) is 0. The summed E-state index contributed by atoms with van der Waals surface area (Å²) in [7, 11) is 0. The molecule has 0 aliphatic rings. The van der Waals surface area contributed by atoms with E-state index in [2.05, 4.69) is 4.74 Å². The first-order valence-electron chi connectivity index (χ1n) is 2.56. The highest BCUT2D eigenvalue weighted by Crippen LogP contribution is 1.94. The molecule has 3 heteroatoms. The standard InChI is InChI=1S/C5H10O3.CH3/c1-3-4(2)8-5(6)7;/h4H,3H2,1-2H3,(H,6,7);1H3/q;+1. The second kappa shape index (κ2) is 5.28. The quantitative estimate of drug-likeness (QED) is 0.462. The highest BCUT2D eigenvalue weighted by atomic mass is 16.7. The Morgan fingerprint density at radius 1 is 1.78 bits per heavy atom. The van der Waals surface area contributed by atoms with Crippen molar-refractivity contribution in [3.05, 3.63) is 7.43 Å². The molecule has 9 heavy (non-hydrogen) atoms. The van der Waals surface area contributed by atoms with Crippen LogP contribution in [-0.2, 0) is 4.74 Å². The lowest BCUT2D eigenvalue weighted by atomic mass is 10.3. The van der Waals surface area contributed by atoms with Crippen molar-refractivity contribution >= 4 is 6.16 Å². The van der Waals surface area contributed by atoms with Gasteiger partial charge in [-0.25, -0.2) is 4.79 Å². The fourth-order valence-electron chi connectivity index (χ4n) is 0.255. The van der Waals surface area contributed by atoms with Crippen molar-refractivity contribution in [2.24, 2.45) is 0 Å². The maximum absolute atomic E-state index is 9.75. The van der Waals surface area contributed by atoms with Gasteiger partial charge in [0.2, 0.25) is 0 Å². The molecule has 54 valence electrons. The van der Waals surface area contributed by atoms with E-state index in [-0.39, 0.29) is 13.5 Å². The normalized spacial score (nSPS) is 11.3. The first-order valence-corrected chi connectivity index (χ1v) is 2.56. The Morgan fingerprint density at radius 2 is 2.22 bits per heavy atom. The second-order valence-corrected chi connectivity index (χ2v) is 1.60. The molecular formula is C6H13O3+. The summed E-state index contributed by atoms with van der Waals surface area (Å²) < 4.78 is 4.32. The SMILES string of the molecule is CCC(C)OC(=O)O.[CH3+]. The molecule has 0 aromatic rings. The summed E-state index contributed by atoms with van der Waals surface area (Å²) in [6.45, 7) is 3.59. The molecule has 0 aromatic carbocycles. The fourth-order valence-corrected chi connectivity index (χ4v) is 0.255. The topological polar surface area (TPSA) is 46.5 Å². The Balaban J connectivity index is 0. The summed E-state index contributed by atoms with van der Waals surface area (Å²) >= 11 is 0. The number of ether oxygens (including phenoxy) is 1. The van der Waals surface area contributed by atoms with Gasteiger partial charge in [0.1, 0.15) is 6.10 Å². The minimum atomic E-state index is -1.20. The molecule has 0 spiro atoms. The number of rotatable bonds is 2. The van der Waals surface area contributed by atoms with Gasteiger partial charge in [-0.05, 0) is 13.3 Å². The molecule has 0 saturated heterocycles. The third-order valence-electron chi connectivity index (χ3n) is 0.877. The molecule has 3 nitrogen and oxygen atoms in total. The van der Waals surface area contributed by atoms with Crippen LogP contribution in [0.15, 0.2) is 0 Å². The largest absolute Gasteiger partial charge is 0.506 e. The molecule has 1 N–H and O–H groups in total. The smallest absolute Gasteiger partial charge is 0.450 e. The maximum atomic E-state index is 9.75. The third-order valence-corrected chi connectivity index (χ3v) is 0.877. The zero-order valence-electron chi connectivity index (χ0n) is 6.05. The van der Waals surface area contributed by atoms with Crippen LogP contribution in [0.1, 0.15) is 20.3 Å². The summed E-state index contributed by atoms with van der Waals surface area (Å²) in [5.41, 5.74) is 0. The Kier molecular flexibility index (Phi) is 6.46. The monoisotopic (exact) mass is 133 g/mol. The van der Waals surface area contributed by atoms with Gasteiger partial charge in [0, 0.05) is 7.43 Å². The highest BCUT2D eigenvalue weighted by molar-refractivity contribution is 5.56. The molecule has 0 aromatic heterocycles. The van der Waals surface area contributed by atoms with Gasteiger partial charge in [-0.2, -0.15) is 0 Å². The van der Waals surface area contributed by atoms with Crippen LogP contribution in [0, 0.1) is 7.43 Å². The molecular weight excluding hydrogens is 120 g/mol. The van der Waals surface area contributed by atoms with E-state index in [1.165, 1.54) is 0 Å². The van der Waals surface area contributed by atoms with Crippen molar-refractivity contribution in [2.45, 2.75) is 26.4 Å². The van der Waals surface area contributed by atoms with E-state index in [9.17, 15) is 4.79 Å². The zero-order valence-corrected chi connectivity index (χ0v) is 6.05. The number of hydrogen-bond donors (Lipinski definition) is 1. The van der Waals surface area contributed by atoms with E-state index in [4.69, 9.17) is 5.11 Å². The van der Waals surface area contributed by atoms with Crippen molar-refractivity contribution < 1.29 is 14.6 Å². The van der Waals surface area contributed by atoms with Gasteiger partial charge in [-0.3, -0.25) is 0 Å². The molecule has 0 bridgehead atoms. The molecule has 0 heterocycles. The average Bonchev–Trinajstić information content (AvgIpc) is 1.65. The zero-order chi connectivity index (χ0) is 6.57. The van der Waals surface area contributed by atoms with Gasteiger partial charge in [0.25, 0.3) is 0 Å². The predicted molar refractivity (Wildman–Crippen MR) is 35.3 cm³/mol. The van der Waals surface area contributed by atoms with E-state index in [0.29, 0.717) is 0 Å². The molecule has 0 rings (SSSR count). The Hall–Kier alpha value is -0.860. The summed E-state index contributed by atoms with van der Waals surface area (Å²) in [5.74, 6) is 0. The molecule has 0 aliphatic heterocycles. The van der Waals surface area contributed by atoms with Gasteiger partial charge in [0.05, 0.1) is 0 Å². The number of hydrogen-bond acceptors (Lipinski definition) is 2. The van der Waals surface area contributed by atoms with Crippen molar-refractivity contribution in [1.29, 1.82) is 0 Å². The first kappa shape index (κ1) is 11.0. The predicted octanol–water partition coefficient (Wildman–Crippen LogP) is 1.93. The van der Waals surface area contributed by atoms with Crippen LogP contribution >= 0.6 is 0 Å². The van der Waals surface area contributed by atoms with Crippen LogP contribution in [-0.4, -0.2) is 17.4 Å². The first-order chi connectivity index (χ1) is 3.66. The molecule has 0 aliphatic carbocycles. The van der Waals surface area contributed by atoms with Crippen LogP contribution in [0.3, 0.4) is 0 Å². The lowest BCUT2D eigenvalue weighted by molar-refractivity contribution is 0.0577. The highest BCUT2D eigenvalue weighted by Gasteiger charge is 2.01. The third kappa shape index (κ3) is 7.14. The van der Waals surface area contributed by atoms with Gasteiger partial charge in [-0.1, -0.05) is 6.92 Å². The van der Waals surface area contributed by atoms with Gasteiger partial charge >= 0.3 is 6.16 Å². The van der Waals surface area contributed by atoms with Gasteiger partial charge < -0.3 is 9.84 Å². The van der Waals surface area contributed by atoms with E-state index < -0.39 is 6.16 Å². The molecule has 0 fully saturated rings. The van der Waals surface area contributed by atoms with Crippen molar-refractivity contribution in [3.8, 4) is 0 Å². The van der Waals surface area contributed by atoms with Crippen molar-refractivity contribution in [3.63, 3.8) is 0 Å². The van der Waals surface area contributed by atoms with Crippen LogP contribution < -0.4 is 0 Å². The second-order valence-electron chi connectivity index (χ2n) is 1.60. The van der Waals surface area contributed by atoms with Crippen LogP contribution in [0.2, 0.25) is 0 Å². The van der Waals surface area contributed by atoms with Crippen molar-refractivity contribution in [2.75, 3.05) is 0 Å². The Bertz CT molecular complexity index is 80.4. The van der Waals surface area contributed by atoms with Crippen molar-refractivity contribution in [1.82, 2.24) is 0 Å². The minimum absolute atomic E-state index is 0. The Labute approximate surface area is 55.6 Å². The average molecular weight is 133 g/mol. The van der Waals surface area contributed by atoms with Crippen LogP contribution in [0.5, 0.6) is 0 Å². The number of carbonyl (C=O) groups is 1. The van der Waals surface area contributed by atoms with E-state index in [0.717, 1.165) is 6.42 Å². The molecule has 0 saturated carbocycles. The van der Waals surface area contributed by atoms with Crippen LogP contribution in [0.25, 0.3) is 0 Å². The van der Waals surface area contributed by atoms with E-state index in [1.54, 1.807) is 6.92 Å². The van der Waals surface area contributed by atoms with Crippen LogP contribution in [0.4, 0.5) is 4.79 Å². The molecule has 0 radical (unpaired) electrons. The Morgan fingerprint density at radius 3 is 2.33 bits per heavy atom. The molecule has 0 amide bonds. The molecule has 1 unspecified atom stereocenters. The summed E-state index contributed by atoms with van der Waals surface area (Å²) in [5, 5.41) is 7.99.